The first-order chi connectivity index (χ1) is 38.9. The summed E-state index contributed by atoms with van der Waals surface area (Å²) in [4.78, 5) is 27.2. The number of allylic oxidation sites excluding steroid dienone is 12. The summed E-state index contributed by atoms with van der Waals surface area (Å²) in [6.45, 7) is 35.9. The summed E-state index contributed by atoms with van der Waals surface area (Å²) in [5, 5.41) is 22.5. The van der Waals surface area contributed by atoms with Gasteiger partial charge in [0.15, 0.2) is 16.1 Å². The Kier molecular flexibility index (Phi) is 26.4. The SMILES string of the molecule is C=C(C)NCCc1c[nH]c2ccc(OC)cc12.C=CCN1C(=O)CS/C1=N\NC(=S)NC.CC(=O)/C=C(C)/C=C/C=C(C)/C=C/C1=C(C)CCCC1(C)C.CC(C)CCC[C@@H](C)[C@H]1CC[C@H]2C3CC=C4C[C@@H](O)CC[C@]4(C)[C@H]3CC[C@]12C. The lowest BCUT2D eigenvalue weighted by atomic mass is 9.47. The Morgan fingerprint density at radius 3 is 2.45 bits per heavy atom. The van der Waals surface area contributed by atoms with Gasteiger partial charge in [-0.05, 0) is 217 Å². The Morgan fingerprint density at radius 2 is 1.78 bits per heavy atom. The Labute approximate surface area is 505 Å². The number of H-pyrrole nitrogens is 1. The van der Waals surface area contributed by atoms with Crippen LogP contribution in [0.3, 0.4) is 0 Å². The third kappa shape index (κ3) is 18.8. The van der Waals surface area contributed by atoms with E-state index in [1.807, 2.05) is 38.1 Å². The van der Waals surface area contributed by atoms with Crippen molar-refractivity contribution in [3.63, 3.8) is 0 Å². The molecule has 2 heterocycles. The molecule has 6 aliphatic rings. The lowest BCUT2D eigenvalue weighted by molar-refractivity contribution is -0.123. The molecule has 12 heteroatoms. The van der Waals surface area contributed by atoms with Crippen LogP contribution in [0.2, 0.25) is 0 Å². The highest BCUT2D eigenvalue weighted by molar-refractivity contribution is 8.15. The molecule has 0 spiro atoms. The number of carbonyl (C=O) groups excluding carboxylic acids is 2. The largest absolute Gasteiger partial charge is 0.497 e. The van der Waals surface area contributed by atoms with Gasteiger partial charge in [0.2, 0.25) is 5.91 Å². The molecular formula is C70H106N6O4S2. The molecule has 82 heavy (non-hydrogen) atoms. The van der Waals surface area contributed by atoms with Crippen LogP contribution in [0.25, 0.3) is 10.9 Å². The summed E-state index contributed by atoms with van der Waals surface area (Å²) in [5.41, 5.74) is 14.2. The minimum Gasteiger partial charge on any atom is -0.497 e. The van der Waals surface area contributed by atoms with Crippen molar-refractivity contribution in [3.8, 4) is 5.75 Å². The fourth-order valence-electron chi connectivity index (χ4n) is 14.5. The Morgan fingerprint density at radius 1 is 1.02 bits per heavy atom. The van der Waals surface area contributed by atoms with Gasteiger partial charge in [0.05, 0.1) is 19.0 Å². The van der Waals surface area contributed by atoms with Crippen molar-refractivity contribution >= 4 is 56.9 Å². The van der Waals surface area contributed by atoms with Gasteiger partial charge in [0, 0.05) is 42.9 Å². The number of rotatable bonds is 18. The number of thioether (sulfide) groups is 1. The van der Waals surface area contributed by atoms with Crippen LogP contribution < -0.4 is 20.8 Å². The maximum atomic E-state index is 11.4. The maximum Gasteiger partial charge on any atom is 0.239 e. The molecule has 4 fully saturated rings. The Hall–Kier alpha value is -4.91. The van der Waals surface area contributed by atoms with Crippen LogP contribution in [-0.2, 0) is 16.0 Å². The minimum absolute atomic E-state index is 0.0378. The zero-order chi connectivity index (χ0) is 60.4. The van der Waals surface area contributed by atoms with E-state index in [4.69, 9.17) is 17.0 Å². The molecule has 452 valence electrons. The van der Waals surface area contributed by atoms with E-state index in [-0.39, 0.29) is 23.2 Å². The summed E-state index contributed by atoms with van der Waals surface area (Å²) in [6, 6.07) is 6.08. The van der Waals surface area contributed by atoms with E-state index >= 15 is 0 Å². The van der Waals surface area contributed by atoms with Gasteiger partial charge >= 0.3 is 0 Å². The van der Waals surface area contributed by atoms with Crippen LogP contribution in [0.5, 0.6) is 5.75 Å². The number of aliphatic hydroxyl groups is 1. The van der Waals surface area contributed by atoms with Crippen molar-refractivity contribution in [2.24, 2.45) is 56.9 Å². The molecule has 0 bridgehead atoms. The van der Waals surface area contributed by atoms with E-state index in [0.29, 0.717) is 33.4 Å². The normalized spacial score (nSPS) is 26.8. The number of nitrogens with one attached hydrogen (secondary N) is 4. The quantitative estimate of drug-likeness (QED) is 0.0326. The van der Waals surface area contributed by atoms with E-state index in [0.717, 1.165) is 83.9 Å². The number of fused-ring (bicyclic) bond motifs is 6. The van der Waals surface area contributed by atoms with Gasteiger partial charge in [-0.1, -0.05) is 145 Å². The van der Waals surface area contributed by atoms with Gasteiger partial charge < -0.3 is 25.5 Å². The van der Waals surface area contributed by atoms with Gasteiger partial charge in [0.1, 0.15) is 5.75 Å². The average Bonchev–Trinajstić information content (AvgIpc) is 1.66. The summed E-state index contributed by atoms with van der Waals surface area (Å²) < 4.78 is 5.25. The van der Waals surface area contributed by atoms with E-state index in [9.17, 15) is 14.7 Å². The first-order valence-corrected chi connectivity index (χ1v) is 32.2. The van der Waals surface area contributed by atoms with Gasteiger partial charge in [-0.25, -0.2) is 0 Å². The van der Waals surface area contributed by atoms with Crippen LogP contribution in [-0.4, -0.2) is 76.1 Å². The molecule has 1 aromatic carbocycles. The second-order valence-corrected chi connectivity index (χ2v) is 27.4. The van der Waals surface area contributed by atoms with Crippen LogP contribution in [0.1, 0.15) is 179 Å². The van der Waals surface area contributed by atoms with Crippen molar-refractivity contribution in [2.75, 3.05) is 33.0 Å². The number of benzene rings is 1. The number of nitrogens with zero attached hydrogens (tertiary/aromatic N) is 2. The van der Waals surface area contributed by atoms with Gasteiger partial charge in [-0.15, -0.1) is 11.7 Å². The summed E-state index contributed by atoms with van der Waals surface area (Å²) in [7, 11) is 3.39. The molecule has 0 radical (unpaired) electrons. The number of carbonyl (C=O) groups is 2. The standard InChI is InChI=1S/C27H46O.C21H30O.C14H18N2O.C8H12N4OS2/c1-18(2)7-6-8-19(3)23-11-12-24-22-10-9-20-17-21(28)13-15-26(20,4)25(22)14-16-27(23,24)5;1-16(9-7-10-17(2)15-19(4)22)12-13-20-18(3)11-8-14-21(20,5)6;1-10(2)15-7-6-11-9-16-14-5-4-12(17-3)8-13(11)14;1-3-4-12-6(13)5-15-8(12)11-10-7(14)9-2/h9,18-19,21-25,28H,6-8,10-17H2,1-5H3;7,9-10,12-13,15H,8,11,14H2,1-6H3;4-5,8-9,15-16H,1,6-7H2,2-3H3;3H,1,4-5H2,2H3,(H2,9,10,14)/b;10-7+,13-12+,16-9+,17-15+;;11-8-/t19-,21+,22?,23-,24+,25+,26+,27-;;;/m1.../s1. The molecule has 5 N–H and O–H groups in total. The van der Waals surface area contributed by atoms with Crippen LogP contribution >= 0.6 is 24.0 Å². The lowest BCUT2D eigenvalue weighted by Gasteiger charge is -2.58. The number of ether oxygens (including phenoxy) is 1. The van der Waals surface area contributed by atoms with Crippen LogP contribution in [0.15, 0.2) is 125 Å². The number of ketones is 1. The first-order valence-electron chi connectivity index (χ1n) is 30.8. The molecule has 8 rings (SSSR count). The predicted molar refractivity (Wildman–Crippen MR) is 354 cm³/mol. The molecule has 3 saturated carbocycles. The van der Waals surface area contributed by atoms with E-state index in [2.05, 4.69) is 138 Å². The van der Waals surface area contributed by atoms with E-state index in [1.165, 1.54) is 116 Å². The summed E-state index contributed by atoms with van der Waals surface area (Å²) in [6.07, 6.45) is 37.8. The predicted octanol–water partition coefficient (Wildman–Crippen LogP) is 16.5. The molecular weight excluding hydrogens is 1050 g/mol. The molecule has 1 aromatic heterocycles. The zero-order valence-electron chi connectivity index (χ0n) is 53.0. The number of methoxy groups -OCH3 is 1. The first kappa shape index (κ1) is 67.9. The molecule has 2 aromatic rings. The van der Waals surface area contributed by atoms with Gasteiger partial charge in [0.25, 0.3) is 0 Å². The topological polar surface area (TPSA) is 131 Å². The zero-order valence-corrected chi connectivity index (χ0v) is 54.6. The fourth-order valence-corrected chi connectivity index (χ4v) is 15.4. The molecule has 1 amide bonds. The number of hydrogen-bond acceptors (Lipinski definition) is 8. The maximum absolute atomic E-state index is 11.4. The Bertz CT molecular complexity index is 2740. The highest BCUT2D eigenvalue weighted by atomic mass is 32.2. The number of aromatic amines is 1. The number of aromatic nitrogens is 1. The summed E-state index contributed by atoms with van der Waals surface area (Å²) >= 11 is 6.24. The monoisotopic (exact) mass is 1160 g/mol. The molecule has 1 saturated heterocycles. The molecule has 1 unspecified atom stereocenters. The second-order valence-electron chi connectivity index (χ2n) is 26.1. The minimum atomic E-state index is -0.0766. The number of amides is 1. The molecule has 10 nitrogen and oxygen atoms in total. The van der Waals surface area contributed by atoms with Crippen molar-refractivity contribution < 1.29 is 19.4 Å². The molecule has 5 aliphatic carbocycles. The van der Waals surface area contributed by atoms with E-state index in [1.54, 1.807) is 43.7 Å². The smallest absolute Gasteiger partial charge is 0.239 e. The highest BCUT2D eigenvalue weighted by Gasteiger charge is 2.59. The highest BCUT2D eigenvalue weighted by Crippen LogP contribution is 2.67. The third-order valence-electron chi connectivity index (χ3n) is 18.9. The Balaban J connectivity index is 0.000000207. The van der Waals surface area contributed by atoms with Crippen molar-refractivity contribution in [1.29, 1.82) is 0 Å². The lowest BCUT2D eigenvalue weighted by Crippen LogP contribution is -2.50. The average molecular weight is 1160 g/mol. The fraction of sp³-hybridized carbons (Fsp3) is 0.600. The van der Waals surface area contributed by atoms with Gasteiger partial charge in [-0.3, -0.25) is 19.9 Å². The summed E-state index contributed by atoms with van der Waals surface area (Å²) in [5.74, 6) is 6.89. The number of hydrogen-bond donors (Lipinski definition) is 5. The van der Waals surface area contributed by atoms with Gasteiger partial charge in [-0.2, -0.15) is 0 Å². The number of amidine groups is 1. The van der Waals surface area contributed by atoms with Crippen molar-refractivity contribution in [2.45, 2.75) is 186 Å². The number of thiocarbonyl (C=S) groups is 1. The van der Waals surface area contributed by atoms with Crippen molar-refractivity contribution in [1.82, 2.24) is 25.9 Å². The number of aliphatic hydroxyl groups excluding tert-OH is 1. The van der Waals surface area contributed by atoms with Crippen LogP contribution in [0.4, 0.5) is 0 Å². The number of hydrazone groups is 1. The van der Waals surface area contributed by atoms with E-state index < -0.39 is 0 Å². The molecule has 1 aliphatic heterocycles. The molecule has 8 atom stereocenters. The second kappa shape index (κ2) is 31.8. The van der Waals surface area contributed by atoms with Crippen LogP contribution in [0, 0.1) is 51.8 Å². The van der Waals surface area contributed by atoms with Crippen molar-refractivity contribution in [3.05, 3.63) is 125 Å². The third-order valence-corrected chi connectivity index (χ3v) is 20.2.